The fourth-order valence-electron chi connectivity index (χ4n) is 5.65. The van der Waals surface area contributed by atoms with E-state index in [0.29, 0.717) is 69.0 Å². The van der Waals surface area contributed by atoms with E-state index in [2.05, 4.69) is 52.3 Å². The average molecular weight is 736 g/mol. The minimum Gasteiger partial charge on any atom is -0.381 e. The van der Waals surface area contributed by atoms with Crippen LogP contribution in [0, 0.1) is 20.2 Å². The van der Waals surface area contributed by atoms with Gasteiger partial charge in [0, 0.05) is 58.6 Å². The van der Waals surface area contributed by atoms with Crippen molar-refractivity contribution in [3.05, 3.63) is 97.4 Å². The summed E-state index contributed by atoms with van der Waals surface area (Å²) in [5.41, 5.74) is 2.41. The van der Waals surface area contributed by atoms with Crippen molar-refractivity contribution in [2.45, 2.75) is 37.5 Å². The van der Waals surface area contributed by atoms with Gasteiger partial charge in [0.25, 0.3) is 22.5 Å². The highest BCUT2D eigenvalue weighted by Crippen LogP contribution is 2.38. The second-order valence-electron chi connectivity index (χ2n) is 10.3. The third-order valence-corrected chi connectivity index (χ3v) is 8.72. The molecule has 2 aliphatic heterocycles. The number of nitro benzene ring substituents is 2. The first-order chi connectivity index (χ1) is 21.2. The molecule has 0 atom stereocenters. The molecule has 0 spiro atoms. The van der Waals surface area contributed by atoms with E-state index in [1.807, 2.05) is 0 Å². The van der Waals surface area contributed by atoms with E-state index in [1.165, 1.54) is 12.1 Å². The molecule has 4 aromatic rings. The van der Waals surface area contributed by atoms with E-state index in [0.717, 1.165) is 25.7 Å². The van der Waals surface area contributed by atoms with Crippen LogP contribution in [0.3, 0.4) is 0 Å². The highest BCUT2D eigenvalue weighted by Gasteiger charge is 2.29. The molecule has 2 aromatic carbocycles. The van der Waals surface area contributed by atoms with Crippen LogP contribution in [-0.2, 0) is 9.47 Å². The molecule has 0 radical (unpaired) electrons. The van der Waals surface area contributed by atoms with E-state index in [-0.39, 0.29) is 34.3 Å². The first-order valence-corrected chi connectivity index (χ1v) is 15.4. The molecule has 0 saturated carbocycles. The SMILES string of the molecule is O=c1[nH][nH]c(-c2cc(Br)ccc2[N+](=O)[O-])c1C1CCOCC1.O=c1[nH][nH]c(-c2cc(Br)ccc2[N+](=O)[O-])c1C1CCOCC1. The zero-order valence-electron chi connectivity index (χ0n) is 23.2. The number of halogens is 2. The van der Waals surface area contributed by atoms with Crippen molar-refractivity contribution in [3.8, 4) is 22.5 Å². The summed E-state index contributed by atoms with van der Waals surface area (Å²) in [6.07, 6.45) is 2.93. The monoisotopic (exact) mass is 734 g/mol. The van der Waals surface area contributed by atoms with Crippen LogP contribution >= 0.6 is 31.9 Å². The lowest BCUT2D eigenvalue weighted by Gasteiger charge is -2.21. The number of benzene rings is 2. The molecular weight excluding hydrogens is 708 g/mol. The van der Waals surface area contributed by atoms with Crippen LogP contribution in [0.2, 0.25) is 0 Å². The molecule has 0 unspecified atom stereocenters. The lowest BCUT2D eigenvalue weighted by molar-refractivity contribution is -0.384. The number of hydrogen-bond acceptors (Lipinski definition) is 8. The number of nitrogens with one attached hydrogen (secondary N) is 4. The van der Waals surface area contributed by atoms with Crippen molar-refractivity contribution in [2.24, 2.45) is 0 Å². The van der Waals surface area contributed by atoms with Gasteiger partial charge in [-0.2, -0.15) is 0 Å². The van der Waals surface area contributed by atoms with E-state index in [4.69, 9.17) is 9.47 Å². The Morgan fingerprint density at radius 2 is 1.00 bits per heavy atom. The molecule has 232 valence electrons. The van der Waals surface area contributed by atoms with Crippen molar-refractivity contribution in [3.63, 3.8) is 0 Å². The van der Waals surface area contributed by atoms with Crippen molar-refractivity contribution >= 4 is 43.2 Å². The predicted molar refractivity (Wildman–Crippen MR) is 168 cm³/mol. The van der Waals surface area contributed by atoms with Gasteiger partial charge in [-0.1, -0.05) is 31.9 Å². The summed E-state index contributed by atoms with van der Waals surface area (Å²) in [7, 11) is 0. The van der Waals surface area contributed by atoms with Crippen LogP contribution < -0.4 is 11.1 Å². The number of nitrogens with zero attached hydrogens (tertiary/aromatic N) is 2. The molecule has 16 heteroatoms. The predicted octanol–water partition coefficient (Wildman–Crippen LogP) is 5.87. The van der Waals surface area contributed by atoms with E-state index in [9.17, 15) is 29.8 Å². The van der Waals surface area contributed by atoms with Gasteiger partial charge in [-0.15, -0.1) is 0 Å². The van der Waals surface area contributed by atoms with Crippen molar-refractivity contribution in [1.29, 1.82) is 0 Å². The molecule has 2 aliphatic rings. The van der Waals surface area contributed by atoms with Crippen LogP contribution in [0.1, 0.15) is 48.6 Å². The first kappa shape index (κ1) is 31.6. The van der Waals surface area contributed by atoms with Crippen molar-refractivity contribution < 1.29 is 19.3 Å². The third-order valence-electron chi connectivity index (χ3n) is 7.74. The van der Waals surface area contributed by atoms with Crippen LogP contribution in [0.5, 0.6) is 0 Å². The number of nitro groups is 2. The van der Waals surface area contributed by atoms with Gasteiger partial charge in [-0.25, -0.2) is 0 Å². The summed E-state index contributed by atoms with van der Waals surface area (Å²) in [6.45, 7) is 2.37. The van der Waals surface area contributed by atoms with Crippen molar-refractivity contribution in [2.75, 3.05) is 26.4 Å². The number of rotatable bonds is 6. The molecule has 14 nitrogen and oxygen atoms in total. The number of hydrogen-bond donors (Lipinski definition) is 4. The number of H-pyrrole nitrogens is 4. The molecule has 2 fully saturated rings. The lowest BCUT2D eigenvalue weighted by atomic mass is 9.89. The zero-order valence-corrected chi connectivity index (χ0v) is 26.4. The van der Waals surface area contributed by atoms with Gasteiger partial charge in [-0.3, -0.25) is 50.2 Å². The quantitative estimate of drug-likeness (QED) is 0.139. The number of aromatic nitrogens is 4. The Balaban J connectivity index is 0.000000175. The Hall–Kier alpha value is -3.86. The van der Waals surface area contributed by atoms with E-state index < -0.39 is 9.85 Å². The summed E-state index contributed by atoms with van der Waals surface area (Å²) < 4.78 is 12.1. The Labute approximate surface area is 266 Å². The average Bonchev–Trinajstić information content (AvgIpc) is 3.60. The number of ether oxygens (including phenoxy) is 2. The molecule has 6 rings (SSSR count). The molecule has 0 amide bonds. The topological polar surface area (TPSA) is 202 Å². The highest BCUT2D eigenvalue weighted by molar-refractivity contribution is 9.10. The Kier molecular flexibility index (Phi) is 9.93. The molecule has 4 heterocycles. The number of aromatic amines is 4. The van der Waals surface area contributed by atoms with E-state index >= 15 is 0 Å². The maximum absolute atomic E-state index is 12.2. The smallest absolute Gasteiger partial charge is 0.278 e. The Bertz CT molecular complexity index is 1650. The van der Waals surface area contributed by atoms with Gasteiger partial charge < -0.3 is 9.47 Å². The summed E-state index contributed by atoms with van der Waals surface area (Å²) in [5, 5.41) is 33.3. The summed E-state index contributed by atoms with van der Waals surface area (Å²) in [6, 6.07) is 9.39. The molecule has 2 saturated heterocycles. The van der Waals surface area contributed by atoms with Crippen LogP contribution in [0.15, 0.2) is 54.9 Å². The van der Waals surface area contributed by atoms with Gasteiger partial charge in [0.15, 0.2) is 0 Å². The van der Waals surface area contributed by atoms with E-state index in [1.54, 1.807) is 24.3 Å². The fourth-order valence-corrected chi connectivity index (χ4v) is 6.37. The Morgan fingerprint density at radius 1 is 0.636 bits per heavy atom. The van der Waals surface area contributed by atoms with Gasteiger partial charge in [-0.05, 0) is 61.8 Å². The molecule has 2 aromatic heterocycles. The molecule has 0 aliphatic carbocycles. The minimum absolute atomic E-state index is 0.0354. The minimum atomic E-state index is -0.444. The summed E-state index contributed by atoms with van der Waals surface area (Å²) >= 11 is 6.65. The zero-order chi connectivity index (χ0) is 31.4. The van der Waals surface area contributed by atoms with Crippen molar-refractivity contribution in [1.82, 2.24) is 20.4 Å². The molecular formula is C28H28Br2N6O8. The third kappa shape index (κ3) is 6.77. The second-order valence-corrected chi connectivity index (χ2v) is 12.2. The molecule has 4 N–H and O–H groups in total. The van der Waals surface area contributed by atoms with Crippen LogP contribution in [-0.4, -0.2) is 56.7 Å². The molecule has 44 heavy (non-hydrogen) atoms. The largest absolute Gasteiger partial charge is 0.381 e. The first-order valence-electron chi connectivity index (χ1n) is 13.8. The lowest BCUT2D eigenvalue weighted by Crippen LogP contribution is -2.19. The summed E-state index contributed by atoms with van der Waals surface area (Å²) in [5.74, 6) is 0.0784. The van der Waals surface area contributed by atoms with Gasteiger partial charge in [0.1, 0.15) is 0 Å². The maximum atomic E-state index is 12.2. The Morgan fingerprint density at radius 3 is 1.34 bits per heavy atom. The normalized spacial score (nSPS) is 15.9. The van der Waals surface area contributed by atoms with Gasteiger partial charge in [0.2, 0.25) is 0 Å². The highest BCUT2D eigenvalue weighted by atomic mass is 79.9. The van der Waals surface area contributed by atoms with Gasteiger partial charge in [0.05, 0.1) is 32.4 Å². The fraction of sp³-hybridized carbons (Fsp3) is 0.357. The second kappa shape index (κ2) is 13.8. The van der Waals surface area contributed by atoms with Crippen LogP contribution in [0.25, 0.3) is 22.5 Å². The standard InChI is InChI=1S/2C14H14BrN3O4/c2*15-9-1-2-11(18(20)21)10(7-9)13-12(14(19)17-16-13)8-3-5-22-6-4-8/h2*1-2,7-8H,3-6H2,(H2,16,17,19). The maximum Gasteiger partial charge on any atom is 0.278 e. The molecule has 0 bridgehead atoms. The van der Waals surface area contributed by atoms with Crippen LogP contribution in [0.4, 0.5) is 11.4 Å². The van der Waals surface area contributed by atoms with Gasteiger partial charge >= 0.3 is 0 Å². The summed E-state index contributed by atoms with van der Waals surface area (Å²) in [4.78, 5) is 46.0.